The summed E-state index contributed by atoms with van der Waals surface area (Å²) in [6.07, 6.45) is 31.1. The molecular weight excluding hydrogens is 526 g/mol. The van der Waals surface area contributed by atoms with Crippen LogP contribution in [0.3, 0.4) is 0 Å². The first kappa shape index (κ1) is 33.4. The zero-order valence-electron chi connectivity index (χ0n) is 24.1. The second-order valence-corrected chi connectivity index (χ2v) is 10.8. The molecule has 4 nitrogen and oxygen atoms in total. The summed E-state index contributed by atoms with van der Waals surface area (Å²) in [6, 6.07) is 18.9. The standard InChI is InChI=1S/C36H43NO3S/c1-2-3-4-5-6-7-8-9-10-11-12-13-14-15-16-17-18-25-30-34(38)37-35(39)31-41(40)36(32-26-21-19-22-27-32)33-28-23-20-24-29-33/h3-4,6-7,9-10,12-13,15-16,19-30,36H,2,5,8,11,14,17-18,31H2,1H3,(H,37,38,39)/b4-3?,7-6?,10-9?,13-12?,16-15?,30-25+. The maximum Gasteiger partial charge on any atom is 0.250 e. The van der Waals surface area contributed by atoms with Crippen LogP contribution in [-0.4, -0.2) is 21.8 Å². The molecule has 0 aliphatic carbocycles. The Morgan fingerprint density at radius 2 is 1.10 bits per heavy atom. The summed E-state index contributed by atoms with van der Waals surface area (Å²) in [5, 5.41) is 1.88. The molecule has 0 radical (unpaired) electrons. The number of amides is 2. The Morgan fingerprint density at radius 1 is 0.659 bits per heavy atom. The molecule has 1 N–H and O–H groups in total. The van der Waals surface area contributed by atoms with Gasteiger partial charge in [0.15, 0.2) is 0 Å². The minimum absolute atomic E-state index is 0.256. The summed E-state index contributed by atoms with van der Waals surface area (Å²) in [7, 11) is -1.54. The van der Waals surface area contributed by atoms with E-state index in [4.69, 9.17) is 0 Å². The third-order valence-electron chi connectivity index (χ3n) is 5.93. The van der Waals surface area contributed by atoms with Gasteiger partial charge >= 0.3 is 0 Å². The zero-order chi connectivity index (χ0) is 29.4. The first-order valence-electron chi connectivity index (χ1n) is 14.3. The number of hydrogen-bond acceptors (Lipinski definition) is 3. The average molecular weight is 570 g/mol. The predicted octanol–water partition coefficient (Wildman–Crippen LogP) is 8.26. The van der Waals surface area contributed by atoms with Gasteiger partial charge in [-0.05, 0) is 62.1 Å². The SMILES string of the molecule is CCC=CCC=CCC=CCC=CCC=CCC/C=C/C(=O)NC(=O)CS(=O)C(c1ccccc1)c1ccccc1. The van der Waals surface area contributed by atoms with Crippen molar-refractivity contribution in [3.8, 4) is 0 Å². The second kappa shape index (κ2) is 21.9. The van der Waals surface area contributed by atoms with Crippen LogP contribution in [0.5, 0.6) is 0 Å². The van der Waals surface area contributed by atoms with Gasteiger partial charge in [0.25, 0.3) is 0 Å². The molecule has 41 heavy (non-hydrogen) atoms. The van der Waals surface area contributed by atoms with E-state index in [1.165, 1.54) is 6.08 Å². The lowest BCUT2D eigenvalue weighted by atomic mass is 10.0. The van der Waals surface area contributed by atoms with Crippen molar-refractivity contribution in [1.29, 1.82) is 0 Å². The molecule has 0 aromatic heterocycles. The van der Waals surface area contributed by atoms with Crippen molar-refractivity contribution >= 4 is 22.6 Å². The van der Waals surface area contributed by atoms with Crippen LogP contribution in [0, 0.1) is 0 Å². The minimum atomic E-state index is -1.54. The van der Waals surface area contributed by atoms with Gasteiger partial charge in [0.1, 0.15) is 5.75 Å². The van der Waals surface area contributed by atoms with E-state index < -0.39 is 27.9 Å². The van der Waals surface area contributed by atoms with Crippen molar-refractivity contribution in [3.05, 3.63) is 145 Å². The highest BCUT2D eigenvalue weighted by Gasteiger charge is 2.23. The fourth-order valence-electron chi connectivity index (χ4n) is 3.93. The van der Waals surface area contributed by atoms with Crippen LogP contribution >= 0.6 is 0 Å². The lowest BCUT2D eigenvalue weighted by molar-refractivity contribution is -0.126. The third-order valence-corrected chi connectivity index (χ3v) is 7.55. The summed E-state index contributed by atoms with van der Waals surface area (Å²) in [5.74, 6) is -1.30. The Hall–Kier alpha value is -3.83. The second-order valence-electron chi connectivity index (χ2n) is 9.33. The minimum Gasteiger partial charge on any atom is -0.292 e. The van der Waals surface area contributed by atoms with Crippen molar-refractivity contribution in [2.24, 2.45) is 0 Å². The number of imide groups is 1. The molecule has 0 aliphatic heterocycles. The highest BCUT2D eigenvalue weighted by Crippen LogP contribution is 2.28. The average Bonchev–Trinajstić information content (AvgIpc) is 2.97. The van der Waals surface area contributed by atoms with E-state index in [1.54, 1.807) is 6.08 Å². The third kappa shape index (κ3) is 15.5. The number of carbonyl (C=O) groups is 2. The molecule has 2 aromatic carbocycles. The van der Waals surface area contributed by atoms with Gasteiger partial charge in [-0.1, -0.05) is 134 Å². The normalized spacial score (nSPS) is 13.1. The van der Waals surface area contributed by atoms with Crippen LogP contribution in [-0.2, 0) is 20.4 Å². The Labute approximate surface area is 248 Å². The molecule has 0 saturated heterocycles. The van der Waals surface area contributed by atoms with E-state index in [-0.39, 0.29) is 5.75 Å². The number of rotatable bonds is 18. The van der Waals surface area contributed by atoms with E-state index in [1.807, 2.05) is 60.7 Å². The molecule has 216 valence electrons. The Morgan fingerprint density at radius 3 is 1.59 bits per heavy atom. The Bertz CT molecular complexity index is 1180. The zero-order valence-corrected chi connectivity index (χ0v) is 24.9. The van der Waals surface area contributed by atoms with Gasteiger partial charge in [0, 0.05) is 10.8 Å². The monoisotopic (exact) mass is 569 g/mol. The largest absolute Gasteiger partial charge is 0.292 e. The summed E-state index contributed by atoms with van der Waals surface area (Å²) in [6.45, 7) is 2.14. The van der Waals surface area contributed by atoms with Crippen LogP contribution in [0.4, 0.5) is 0 Å². The molecule has 2 aromatic rings. The number of nitrogens with one attached hydrogen (secondary N) is 1. The molecule has 2 amide bonds. The number of hydrogen-bond donors (Lipinski definition) is 1. The van der Waals surface area contributed by atoms with Crippen molar-refractivity contribution in [2.45, 2.75) is 57.1 Å². The molecule has 2 rings (SSSR count). The number of allylic oxidation sites excluding steroid dienone is 11. The summed E-state index contributed by atoms with van der Waals surface area (Å²) in [5.41, 5.74) is 1.73. The molecule has 0 saturated carbocycles. The molecule has 1 atom stereocenters. The molecule has 0 aliphatic rings. The Kier molecular flexibility index (Phi) is 17.9. The lowest BCUT2D eigenvalue weighted by Crippen LogP contribution is -2.33. The van der Waals surface area contributed by atoms with E-state index in [2.05, 4.69) is 73.0 Å². The highest BCUT2D eigenvalue weighted by atomic mass is 32.2. The maximum absolute atomic E-state index is 13.2. The van der Waals surface area contributed by atoms with Crippen LogP contribution in [0.25, 0.3) is 0 Å². The van der Waals surface area contributed by atoms with Gasteiger partial charge in [0.2, 0.25) is 11.8 Å². The van der Waals surface area contributed by atoms with Crippen LogP contribution in [0.1, 0.15) is 68.2 Å². The molecule has 0 fully saturated rings. The van der Waals surface area contributed by atoms with E-state index in [9.17, 15) is 13.8 Å². The maximum atomic E-state index is 13.2. The van der Waals surface area contributed by atoms with Crippen molar-refractivity contribution in [1.82, 2.24) is 5.32 Å². The fourth-order valence-corrected chi connectivity index (χ4v) is 5.35. The lowest BCUT2D eigenvalue weighted by Gasteiger charge is -2.17. The summed E-state index contributed by atoms with van der Waals surface area (Å²) < 4.78 is 13.2. The van der Waals surface area contributed by atoms with Gasteiger partial charge < -0.3 is 0 Å². The van der Waals surface area contributed by atoms with Gasteiger partial charge in [-0.25, -0.2) is 0 Å². The molecule has 0 spiro atoms. The number of carbonyl (C=O) groups excluding carboxylic acids is 2. The van der Waals surface area contributed by atoms with Crippen LogP contribution in [0.15, 0.2) is 134 Å². The van der Waals surface area contributed by atoms with Crippen LogP contribution < -0.4 is 5.32 Å². The smallest absolute Gasteiger partial charge is 0.250 e. The topological polar surface area (TPSA) is 63.2 Å². The van der Waals surface area contributed by atoms with Crippen molar-refractivity contribution < 1.29 is 13.8 Å². The highest BCUT2D eigenvalue weighted by molar-refractivity contribution is 7.86. The summed E-state index contributed by atoms with van der Waals surface area (Å²) >= 11 is 0. The number of unbranched alkanes of at least 4 members (excludes halogenated alkanes) is 1. The van der Waals surface area contributed by atoms with Crippen LogP contribution in [0.2, 0.25) is 0 Å². The molecule has 0 heterocycles. The van der Waals surface area contributed by atoms with Gasteiger partial charge in [-0.2, -0.15) is 0 Å². The van der Waals surface area contributed by atoms with Gasteiger partial charge in [0.05, 0.1) is 5.25 Å². The first-order chi connectivity index (χ1) is 20.1. The van der Waals surface area contributed by atoms with Gasteiger partial charge in [-0.3, -0.25) is 19.1 Å². The van der Waals surface area contributed by atoms with E-state index >= 15 is 0 Å². The predicted molar refractivity (Wildman–Crippen MR) is 174 cm³/mol. The van der Waals surface area contributed by atoms with Gasteiger partial charge in [-0.15, -0.1) is 0 Å². The fraction of sp³-hybridized carbons (Fsp3) is 0.278. The molecule has 5 heteroatoms. The molecule has 1 unspecified atom stereocenters. The number of benzene rings is 2. The molecular formula is C36H43NO3S. The Balaban J connectivity index is 1.63. The summed E-state index contributed by atoms with van der Waals surface area (Å²) in [4.78, 5) is 24.6. The quantitative estimate of drug-likeness (QED) is 0.112. The molecule has 0 bridgehead atoms. The van der Waals surface area contributed by atoms with Crippen molar-refractivity contribution in [2.75, 3.05) is 5.75 Å². The van der Waals surface area contributed by atoms with E-state index in [0.717, 1.165) is 49.7 Å². The van der Waals surface area contributed by atoms with Crippen molar-refractivity contribution in [3.63, 3.8) is 0 Å². The first-order valence-corrected chi connectivity index (χ1v) is 15.7. The van der Waals surface area contributed by atoms with E-state index in [0.29, 0.717) is 6.42 Å².